The molecule has 21 heavy (non-hydrogen) atoms. The number of halogens is 1. The Bertz CT molecular complexity index is 638. The molecular formula is C17H17BrO3. The normalized spacial score (nSPS) is 10.2. The second-order valence-electron chi connectivity index (χ2n) is 4.66. The molecule has 0 radical (unpaired) electrons. The Hall–Kier alpha value is -1.81. The topological polar surface area (TPSA) is 35.5 Å². The van der Waals surface area contributed by atoms with E-state index in [2.05, 4.69) is 35.0 Å². The van der Waals surface area contributed by atoms with Gasteiger partial charge in [0.25, 0.3) is 0 Å². The highest BCUT2D eigenvalue weighted by molar-refractivity contribution is 9.10. The summed E-state index contributed by atoms with van der Waals surface area (Å²) in [6.45, 7) is 2.64. The van der Waals surface area contributed by atoms with Crippen LogP contribution in [-0.2, 0) is 11.2 Å². The van der Waals surface area contributed by atoms with Gasteiger partial charge in [-0.1, -0.05) is 24.3 Å². The maximum absolute atomic E-state index is 11.5. The minimum absolute atomic E-state index is 0.369. The fraction of sp³-hybridized carbons (Fsp3) is 0.235. The van der Waals surface area contributed by atoms with Crippen molar-refractivity contribution in [1.82, 2.24) is 0 Å². The molecule has 0 aliphatic carbocycles. The number of hydrogen-bond donors (Lipinski definition) is 0. The number of aryl methyl sites for hydroxylation is 1. The van der Waals surface area contributed by atoms with E-state index in [1.165, 1.54) is 18.2 Å². The monoisotopic (exact) mass is 348 g/mol. The van der Waals surface area contributed by atoms with Crippen molar-refractivity contribution in [3.05, 3.63) is 63.6 Å². The van der Waals surface area contributed by atoms with Crippen LogP contribution in [0.5, 0.6) is 5.75 Å². The van der Waals surface area contributed by atoms with E-state index in [4.69, 9.17) is 9.47 Å². The second kappa shape index (κ2) is 7.27. The van der Waals surface area contributed by atoms with Crippen molar-refractivity contribution in [2.75, 3.05) is 13.7 Å². The van der Waals surface area contributed by atoms with Crippen molar-refractivity contribution in [3.8, 4) is 5.75 Å². The number of carbonyl (C=O) groups is 1. The molecule has 0 saturated carbocycles. The molecule has 2 rings (SSSR count). The Morgan fingerprint density at radius 3 is 2.67 bits per heavy atom. The van der Waals surface area contributed by atoms with Crippen LogP contribution in [0.3, 0.4) is 0 Å². The van der Waals surface area contributed by atoms with Gasteiger partial charge in [-0.05, 0) is 52.2 Å². The van der Waals surface area contributed by atoms with Gasteiger partial charge in [0.1, 0.15) is 5.75 Å². The van der Waals surface area contributed by atoms with Crippen LogP contribution in [-0.4, -0.2) is 19.7 Å². The predicted octanol–water partition coefficient (Wildman–Crippen LogP) is 4.17. The first kappa shape index (κ1) is 15.6. The summed E-state index contributed by atoms with van der Waals surface area (Å²) in [5.74, 6) is 0.276. The fourth-order valence-corrected chi connectivity index (χ4v) is 2.38. The third-order valence-corrected chi connectivity index (χ3v) is 3.90. The molecule has 0 fully saturated rings. The lowest BCUT2D eigenvalue weighted by atomic mass is 10.1. The van der Waals surface area contributed by atoms with E-state index in [1.807, 2.05) is 12.1 Å². The largest absolute Gasteiger partial charge is 0.492 e. The summed E-state index contributed by atoms with van der Waals surface area (Å²) in [5, 5.41) is 0. The quantitative estimate of drug-likeness (QED) is 0.761. The van der Waals surface area contributed by atoms with Crippen molar-refractivity contribution < 1.29 is 14.3 Å². The van der Waals surface area contributed by atoms with Crippen molar-refractivity contribution in [1.29, 1.82) is 0 Å². The van der Waals surface area contributed by atoms with Gasteiger partial charge in [-0.15, -0.1) is 0 Å². The minimum atomic E-state index is -0.369. The highest BCUT2D eigenvalue weighted by atomic mass is 79.9. The number of rotatable bonds is 5. The molecule has 0 aliphatic rings. The number of methoxy groups -OCH3 is 1. The van der Waals surface area contributed by atoms with Gasteiger partial charge in [0.15, 0.2) is 0 Å². The maximum Gasteiger partial charge on any atom is 0.337 e. The summed E-state index contributed by atoms with van der Waals surface area (Å²) < 4.78 is 11.3. The van der Waals surface area contributed by atoms with E-state index < -0.39 is 0 Å². The molecule has 0 N–H and O–H groups in total. The Morgan fingerprint density at radius 2 is 1.95 bits per heavy atom. The molecule has 110 valence electrons. The van der Waals surface area contributed by atoms with Gasteiger partial charge in [0.05, 0.1) is 23.8 Å². The molecule has 2 aromatic rings. The molecule has 0 atom stereocenters. The van der Waals surface area contributed by atoms with Gasteiger partial charge in [-0.3, -0.25) is 0 Å². The Kier molecular flexibility index (Phi) is 5.39. The molecular weight excluding hydrogens is 332 g/mol. The molecule has 0 spiro atoms. The summed E-state index contributed by atoms with van der Waals surface area (Å²) in [5.41, 5.74) is 2.99. The molecule has 0 saturated heterocycles. The molecule has 0 amide bonds. The highest BCUT2D eigenvalue weighted by Gasteiger charge is 2.09. The van der Waals surface area contributed by atoms with Crippen molar-refractivity contribution in [2.45, 2.75) is 13.3 Å². The standard InChI is InChI=1S/C17H17BrO3/c1-12-5-3-4-6-13(12)9-10-21-16-11-14(17(19)20-2)7-8-15(16)18/h3-8,11H,9-10H2,1-2H3. The van der Waals surface area contributed by atoms with Crippen LogP contribution < -0.4 is 4.74 Å². The Morgan fingerprint density at radius 1 is 1.19 bits per heavy atom. The van der Waals surface area contributed by atoms with Crippen LogP contribution in [0.15, 0.2) is 46.9 Å². The molecule has 0 bridgehead atoms. The van der Waals surface area contributed by atoms with E-state index in [9.17, 15) is 4.79 Å². The number of benzene rings is 2. The van der Waals surface area contributed by atoms with Gasteiger partial charge < -0.3 is 9.47 Å². The third-order valence-electron chi connectivity index (χ3n) is 3.24. The van der Waals surface area contributed by atoms with Crippen molar-refractivity contribution in [3.63, 3.8) is 0 Å². The summed E-state index contributed by atoms with van der Waals surface area (Å²) in [6, 6.07) is 13.4. The molecule has 0 unspecified atom stereocenters. The number of ether oxygens (including phenoxy) is 2. The SMILES string of the molecule is COC(=O)c1ccc(Br)c(OCCc2ccccc2C)c1. The molecule has 0 aromatic heterocycles. The average Bonchev–Trinajstić information content (AvgIpc) is 2.50. The molecule has 0 heterocycles. The lowest BCUT2D eigenvalue weighted by molar-refractivity contribution is 0.0600. The van der Waals surface area contributed by atoms with Crippen LogP contribution in [0, 0.1) is 6.92 Å². The van der Waals surface area contributed by atoms with E-state index in [1.54, 1.807) is 18.2 Å². The lowest BCUT2D eigenvalue weighted by Crippen LogP contribution is -2.05. The van der Waals surface area contributed by atoms with Crippen LogP contribution in [0.2, 0.25) is 0 Å². The van der Waals surface area contributed by atoms with E-state index in [0.29, 0.717) is 17.9 Å². The van der Waals surface area contributed by atoms with E-state index in [0.717, 1.165) is 10.9 Å². The van der Waals surface area contributed by atoms with Crippen LogP contribution in [0.1, 0.15) is 21.5 Å². The zero-order valence-electron chi connectivity index (χ0n) is 12.1. The lowest BCUT2D eigenvalue weighted by Gasteiger charge is -2.10. The maximum atomic E-state index is 11.5. The van der Waals surface area contributed by atoms with Gasteiger partial charge >= 0.3 is 5.97 Å². The second-order valence-corrected chi connectivity index (χ2v) is 5.52. The summed E-state index contributed by atoms with van der Waals surface area (Å²) in [4.78, 5) is 11.5. The Labute approximate surface area is 133 Å². The van der Waals surface area contributed by atoms with Crippen LogP contribution in [0.25, 0.3) is 0 Å². The minimum Gasteiger partial charge on any atom is -0.492 e. The number of esters is 1. The number of hydrogen-bond acceptors (Lipinski definition) is 3. The fourth-order valence-electron chi connectivity index (χ4n) is 2.02. The summed E-state index contributed by atoms with van der Waals surface area (Å²) in [6.07, 6.45) is 0.821. The summed E-state index contributed by atoms with van der Waals surface area (Å²) in [7, 11) is 1.36. The third kappa shape index (κ3) is 4.08. The summed E-state index contributed by atoms with van der Waals surface area (Å²) >= 11 is 3.43. The molecule has 2 aromatic carbocycles. The van der Waals surface area contributed by atoms with Crippen LogP contribution >= 0.6 is 15.9 Å². The molecule has 3 nitrogen and oxygen atoms in total. The van der Waals surface area contributed by atoms with E-state index in [-0.39, 0.29) is 5.97 Å². The molecule has 4 heteroatoms. The molecule has 0 aliphatic heterocycles. The van der Waals surface area contributed by atoms with Gasteiger partial charge in [0, 0.05) is 6.42 Å². The Balaban J connectivity index is 2.03. The van der Waals surface area contributed by atoms with Crippen LogP contribution in [0.4, 0.5) is 0 Å². The first-order chi connectivity index (χ1) is 10.1. The average molecular weight is 349 g/mol. The van der Waals surface area contributed by atoms with Gasteiger partial charge in [0.2, 0.25) is 0 Å². The van der Waals surface area contributed by atoms with Crippen molar-refractivity contribution >= 4 is 21.9 Å². The predicted molar refractivity (Wildman–Crippen MR) is 85.9 cm³/mol. The highest BCUT2D eigenvalue weighted by Crippen LogP contribution is 2.26. The zero-order valence-corrected chi connectivity index (χ0v) is 13.6. The van der Waals surface area contributed by atoms with E-state index >= 15 is 0 Å². The first-order valence-corrected chi connectivity index (χ1v) is 7.46. The van der Waals surface area contributed by atoms with Gasteiger partial charge in [-0.25, -0.2) is 4.79 Å². The van der Waals surface area contributed by atoms with Gasteiger partial charge in [-0.2, -0.15) is 0 Å². The first-order valence-electron chi connectivity index (χ1n) is 6.67. The zero-order chi connectivity index (χ0) is 15.2. The van der Waals surface area contributed by atoms with Crippen molar-refractivity contribution in [2.24, 2.45) is 0 Å². The smallest absolute Gasteiger partial charge is 0.337 e. The number of carbonyl (C=O) groups excluding carboxylic acids is 1.